The maximum Gasteiger partial charge on any atom is 0.226 e. The highest BCUT2D eigenvalue weighted by Crippen LogP contribution is 2.43. The summed E-state index contributed by atoms with van der Waals surface area (Å²) >= 11 is 6.20. The average molecular weight is 412 g/mol. The topological polar surface area (TPSA) is 104 Å². The smallest absolute Gasteiger partial charge is 0.226 e. The number of aliphatic hydroxyl groups is 1. The van der Waals surface area contributed by atoms with E-state index in [4.69, 9.17) is 25.8 Å². The first-order valence-electron chi connectivity index (χ1n) is 9.65. The van der Waals surface area contributed by atoms with Crippen molar-refractivity contribution in [3.8, 4) is 0 Å². The first-order valence-corrected chi connectivity index (χ1v) is 10.0. The van der Waals surface area contributed by atoms with Gasteiger partial charge in [-0.3, -0.25) is 4.57 Å². The van der Waals surface area contributed by atoms with Crippen LogP contribution in [-0.4, -0.2) is 61.4 Å². The molecule has 154 valence electrons. The normalized spacial score (nSPS) is 29.0. The number of rotatable bonds is 6. The summed E-state index contributed by atoms with van der Waals surface area (Å²) in [5.41, 5.74) is 1.16. The van der Waals surface area contributed by atoms with Crippen LogP contribution < -0.4 is 5.32 Å². The Morgan fingerprint density at radius 2 is 1.96 bits per heavy atom. The minimum atomic E-state index is -0.754. The zero-order valence-corrected chi connectivity index (χ0v) is 17.2. The lowest BCUT2D eigenvalue weighted by Gasteiger charge is -2.24. The van der Waals surface area contributed by atoms with Crippen LogP contribution in [0.4, 0.5) is 5.82 Å². The van der Waals surface area contributed by atoms with Crippen LogP contribution in [0.15, 0.2) is 6.33 Å². The number of fused-ring (bicyclic) bond motifs is 2. The van der Waals surface area contributed by atoms with E-state index in [9.17, 15) is 5.11 Å². The van der Waals surface area contributed by atoms with Gasteiger partial charge in [-0.1, -0.05) is 13.8 Å². The monoisotopic (exact) mass is 411 g/mol. The van der Waals surface area contributed by atoms with Gasteiger partial charge in [0.1, 0.15) is 18.3 Å². The third-order valence-electron chi connectivity index (χ3n) is 5.30. The van der Waals surface area contributed by atoms with E-state index in [1.165, 1.54) is 0 Å². The van der Waals surface area contributed by atoms with Gasteiger partial charge >= 0.3 is 0 Å². The van der Waals surface area contributed by atoms with Gasteiger partial charge in [0.15, 0.2) is 29.0 Å². The Kier molecular flexibility index (Phi) is 5.22. The summed E-state index contributed by atoms with van der Waals surface area (Å²) in [7, 11) is 0. The molecule has 0 saturated carbocycles. The van der Waals surface area contributed by atoms with Gasteiger partial charge in [0.25, 0.3) is 0 Å². The minimum Gasteiger partial charge on any atom is -0.394 e. The van der Waals surface area contributed by atoms with Crippen molar-refractivity contribution in [2.45, 2.75) is 76.9 Å². The molecular weight excluding hydrogens is 386 g/mol. The molecule has 28 heavy (non-hydrogen) atoms. The van der Waals surface area contributed by atoms with Gasteiger partial charge in [0, 0.05) is 6.04 Å². The summed E-state index contributed by atoms with van der Waals surface area (Å²) < 4.78 is 19.8. The maximum absolute atomic E-state index is 9.71. The van der Waals surface area contributed by atoms with Crippen LogP contribution in [0.5, 0.6) is 0 Å². The molecule has 0 aliphatic carbocycles. The predicted octanol–water partition coefficient (Wildman–Crippen LogP) is 2.49. The molecule has 4 heterocycles. The number of aromatic nitrogens is 4. The van der Waals surface area contributed by atoms with Crippen molar-refractivity contribution in [3.63, 3.8) is 0 Å². The van der Waals surface area contributed by atoms with Crippen molar-refractivity contribution in [1.29, 1.82) is 0 Å². The van der Waals surface area contributed by atoms with Crippen LogP contribution in [0.3, 0.4) is 0 Å². The summed E-state index contributed by atoms with van der Waals surface area (Å²) in [5.74, 6) is -0.157. The summed E-state index contributed by atoms with van der Waals surface area (Å²) in [4.78, 5) is 13.2. The zero-order valence-electron chi connectivity index (χ0n) is 16.4. The summed E-state index contributed by atoms with van der Waals surface area (Å²) in [6.07, 6.45) is 1.75. The fraction of sp³-hybridized carbons (Fsp3) is 0.722. The van der Waals surface area contributed by atoms with E-state index in [2.05, 4.69) is 34.1 Å². The van der Waals surface area contributed by atoms with Crippen molar-refractivity contribution in [3.05, 3.63) is 11.6 Å². The number of hydrogen-bond donors (Lipinski definition) is 2. The lowest BCUT2D eigenvalue weighted by Crippen LogP contribution is -2.31. The zero-order chi connectivity index (χ0) is 20.1. The SMILES string of the molecule is CCC(CC)Nc1nc(Cl)nc2c1ncn2C1OC(CO)[C@H]2OC(C)(C)O[C@@H]12. The molecule has 2 N–H and O–H groups in total. The van der Waals surface area contributed by atoms with Gasteiger partial charge < -0.3 is 24.6 Å². The summed E-state index contributed by atoms with van der Waals surface area (Å²) in [5, 5.41) is 13.2. The number of nitrogens with one attached hydrogen (secondary N) is 1. The summed E-state index contributed by atoms with van der Waals surface area (Å²) in [6, 6.07) is 0.262. The number of hydrogen-bond acceptors (Lipinski definition) is 8. The van der Waals surface area contributed by atoms with E-state index >= 15 is 0 Å². The molecule has 2 unspecified atom stereocenters. The molecule has 0 spiro atoms. The number of imidazole rings is 1. The predicted molar refractivity (Wildman–Crippen MR) is 103 cm³/mol. The molecule has 2 saturated heterocycles. The Bertz CT molecular complexity index is 856. The second kappa shape index (κ2) is 7.38. The van der Waals surface area contributed by atoms with Gasteiger partial charge in [-0.25, -0.2) is 4.98 Å². The molecule has 2 aliphatic rings. The number of ether oxygens (including phenoxy) is 3. The number of aliphatic hydroxyl groups excluding tert-OH is 1. The second-order valence-corrected chi connectivity index (χ2v) is 7.97. The van der Waals surface area contributed by atoms with E-state index in [1.807, 2.05) is 13.8 Å². The molecular formula is C18H26ClN5O4. The number of anilines is 1. The largest absolute Gasteiger partial charge is 0.394 e. The van der Waals surface area contributed by atoms with E-state index in [1.54, 1.807) is 10.9 Å². The number of halogens is 1. The first-order chi connectivity index (χ1) is 13.4. The molecule has 0 aromatic carbocycles. The Balaban J connectivity index is 1.73. The van der Waals surface area contributed by atoms with Crippen LogP contribution in [-0.2, 0) is 14.2 Å². The molecule has 0 bridgehead atoms. The summed E-state index contributed by atoms with van der Waals surface area (Å²) in [6.45, 7) is 7.75. The molecule has 4 rings (SSSR count). The second-order valence-electron chi connectivity index (χ2n) is 7.64. The standard InChI is InChI=1S/C18H26ClN5O4/c1-5-9(6-2)21-14-11-15(23-17(19)22-14)24(8-20-11)16-13-12(10(7-25)26-16)27-18(3,4)28-13/h8-10,12-13,16,25H,5-7H2,1-4H3,(H,21,22,23)/t10?,12-,13-,16?/m1/s1. The van der Waals surface area contributed by atoms with Crippen LogP contribution in [0, 0.1) is 0 Å². The molecule has 0 radical (unpaired) electrons. The van der Waals surface area contributed by atoms with Crippen LogP contribution in [0.2, 0.25) is 5.28 Å². The van der Waals surface area contributed by atoms with Crippen LogP contribution >= 0.6 is 11.6 Å². The minimum absolute atomic E-state index is 0.125. The lowest BCUT2D eigenvalue weighted by molar-refractivity contribution is -0.199. The Labute approximate surface area is 168 Å². The Morgan fingerprint density at radius 1 is 1.25 bits per heavy atom. The van der Waals surface area contributed by atoms with Crippen molar-refractivity contribution < 1.29 is 19.3 Å². The highest BCUT2D eigenvalue weighted by atomic mass is 35.5. The maximum atomic E-state index is 9.71. The third-order valence-corrected chi connectivity index (χ3v) is 5.47. The average Bonchev–Trinajstić information content (AvgIpc) is 3.29. The van der Waals surface area contributed by atoms with Gasteiger partial charge in [-0.2, -0.15) is 9.97 Å². The van der Waals surface area contributed by atoms with E-state index in [-0.39, 0.29) is 24.0 Å². The van der Waals surface area contributed by atoms with Crippen LogP contribution in [0.1, 0.15) is 46.8 Å². The molecule has 2 aliphatic heterocycles. The van der Waals surface area contributed by atoms with E-state index in [0.717, 1.165) is 12.8 Å². The van der Waals surface area contributed by atoms with E-state index in [0.29, 0.717) is 17.0 Å². The molecule has 10 heteroatoms. The molecule has 2 aromatic heterocycles. The fourth-order valence-corrected chi connectivity index (χ4v) is 4.06. The first kappa shape index (κ1) is 19.8. The van der Waals surface area contributed by atoms with Gasteiger partial charge in [-0.15, -0.1) is 0 Å². The number of nitrogens with zero attached hydrogens (tertiary/aromatic N) is 4. The highest BCUT2D eigenvalue weighted by Gasteiger charge is 2.56. The third kappa shape index (κ3) is 3.35. The quantitative estimate of drug-likeness (QED) is 0.699. The van der Waals surface area contributed by atoms with Crippen molar-refractivity contribution in [2.24, 2.45) is 0 Å². The molecule has 4 atom stereocenters. The van der Waals surface area contributed by atoms with Crippen molar-refractivity contribution in [2.75, 3.05) is 11.9 Å². The van der Waals surface area contributed by atoms with Gasteiger partial charge in [0.2, 0.25) is 5.28 Å². The Hall–Kier alpha value is -1.52. The lowest BCUT2D eigenvalue weighted by atomic mass is 10.1. The fourth-order valence-electron chi connectivity index (χ4n) is 3.89. The van der Waals surface area contributed by atoms with Crippen molar-refractivity contribution >= 4 is 28.6 Å². The highest BCUT2D eigenvalue weighted by molar-refractivity contribution is 6.28. The molecule has 2 fully saturated rings. The van der Waals surface area contributed by atoms with E-state index < -0.39 is 24.2 Å². The Morgan fingerprint density at radius 3 is 2.64 bits per heavy atom. The van der Waals surface area contributed by atoms with Gasteiger partial charge in [-0.05, 0) is 38.3 Å². The molecule has 0 amide bonds. The molecule has 9 nitrogen and oxygen atoms in total. The van der Waals surface area contributed by atoms with Crippen molar-refractivity contribution in [1.82, 2.24) is 19.5 Å². The van der Waals surface area contributed by atoms with Crippen LogP contribution in [0.25, 0.3) is 11.2 Å². The van der Waals surface area contributed by atoms with Gasteiger partial charge in [0.05, 0.1) is 12.9 Å². The molecule has 2 aromatic rings.